The van der Waals surface area contributed by atoms with Crippen LogP contribution in [0.3, 0.4) is 0 Å². The third kappa shape index (κ3) is 6.33. The Balaban J connectivity index is 0.864. The van der Waals surface area contributed by atoms with Crippen molar-refractivity contribution in [3.63, 3.8) is 0 Å². The lowest BCUT2D eigenvalue weighted by atomic mass is 9.67. The first kappa shape index (κ1) is 47.9. The summed E-state index contributed by atoms with van der Waals surface area (Å²) in [5.41, 5.74) is 27.7. The normalized spacial score (nSPS) is 14.9. The monoisotopic (exact) mass is 1100 g/mol. The zero-order valence-electron chi connectivity index (χ0n) is 45.7. The Morgan fingerprint density at radius 2 is 0.583 bits per heavy atom. The molecule has 3 heteroatoms. The van der Waals surface area contributed by atoms with Crippen LogP contribution in [0.4, 0.5) is 17.1 Å². The van der Waals surface area contributed by atoms with Crippen molar-refractivity contribution in [3.8, 4) is 44.5 Å². The average molecular weight is 1100 g/mol. The summed E-state index contributed by atoms with van der Waals surface area (Å²) < 4.78 is 0. The van der Waals surface area contributed by atoms with Crippen molar-refractivity contribution >= 4 is 40.6 Å². The zero-order chi connectivity index (χ0) is 55.1. The molecule has 0 fully saturated rings. The summed E-state index contributed by atoms with van der Waals surface area (Å²) in [6.07, 6.45) is 0. The largest absolute Gasteiger partial charge is 0.310 e. The summed E-state index contributed by atoms with van der Waals surface area (Å²) in [5.74, 6) is 0. The number of hydrogen-bond acceptors (Lipinski definition) is 3. The Kier molecular flexibility index (Phi) is 10.4. The smallest absolute Gasteiger partial charge is 0.0736 e. The highest BCUT2D eigenvalue weighted by Crippen LogP contribution is 2.66. The molecule has 0 amide bonds. The minimum absolute atomic E-state index is 0.478. The van der Waals surface area contributed by atoms with Crippen molar-refractivity contribution < 1.29 is 0 Å². The maximum Gasteiger partial charge on any atom is 0.0736 e. The number of fused-ring (bicyclic) bond motifs is 21. The lowest BCUT2D eigenvalue weighted by molar-refractivity contribution is 0.722. The summed E-state index contributed by atoms with van der Waals surface area (Å²) in [6.45, 7) is 0. The molecule has 13 aromatic carbocycles. The topological polar surface area (TPSA) is 3.24 Å². The molecule has 84 heavy (non-hydrogen) atoms. The molecule has 392 valence electrons. The molecule has 5 aliphatic rings. The highest BCUT2D eigenvalue weighted by atomic mass is 32.2. The van der Waals surface area contributed by atoms with Crippen molar-refractivity contribution in [1.82, 2.24) is 0 Å². The quantitative estimate of drug-likeness (QED) is 0.163. The van der Waals surface area contributed by atoms with Gasteiger partial charge in [0, 0.05) is 36.6 Å². The fourth-order valence-electron chi connectivity index (χ4n) is 15.9. The molecular weight excluding hydrogens is 1050 g/mol. The molecule has 2 aliphatic heterocycles. The molecule has 18 rings (SSSR count). The van der Waals surface area contributed by atoms with Gasteiger partial charge in [-0.25, -0.2) is 0 Å². The van der Waals surface area contributed by atoms with Crippen LogP contribution < -0.4 is 4.90 Å². The Hall–Kier alpha value is -9.64. The third-order valence-corrected chi connectivity index (χ3v) is 21.4. The van der Waals surface area contributed by atoms with Gasteiger partial charge in [-0.1, -0.05) is 272 Å². The van der Waals surface area contributed by atoms with Gasteiger partial charge in [-0.2, -0.15) is 0 Å². The van der Waals surface area contributed by atoms with E-state index in [1.165, 1.54) is 131 Å². The second kappa shape index (κ2) is 18.2. The molecular formula is C81H51NS2. The Labute approximate surface area is 498 Å². The summed E-state index contributed by atoms with van der Waals surface area (Å²) >= 11 is 3.78. The first-order valence-electron chi connectivity index (χ1n) is 29.1. The molecule has 13 aromatic rings. The van der Waals surface area contributed by atoms with E-state index in [9.17, 15) is 0 Å². The lowest BCUT2D eigenvalue weighted by Crippen LogP contribution is -2.32. The van der Waals surface area contributed by atoms with E-state index in [2.05, 4.69) is 314 Å². The van der Waals surface area contributed by atoms with E-state index in [4.69, 9.17) is 0 Å². The van der Waals surface area contributed by atoms with E-state index < -0.39 is 16.2 Å². The number of rotatable bonds is 6. The standard InChI is InChI=1S/C81H51NS2/c1-3-22-53(23-4-1)79(54-24-5-2-6-25-54)66-32-12-9-28-62(66)78-58(29-21-37-72(78)79)52-42-44-55(45-43-52)82(56-47-49-67-63(50-56)60-27-8-11-31-65(60)80(67)68-33-13-17-38-74(68)83-75-39-18-14-34-69(75)80)57-46-48-61-59-26-7-10-30-64(59)81(73(61)51-57)70-35-15-19-40-76(70)84-77-41-20-16-36-71(77)81/h1-51H. The van der Waals surface area contributed by atoms with Gasteiger partial charge < -0.3 is 4.90 Å². The summed E-state index contributed by atoms with van der Waals surface area (Å²) in [4.78, 5) is 7.74. The van der Waals surface area contributed by atoms with E-state index in [0.717, 1.165) is 17.1 Å². The number of anilines is 3. The minimum atomic E-state index is -0.530. The predicted molar refractivity (Wildman–Crippen MR) is 347 cm³/mol. The highest BCUT2D eigenvalue weighted by Gasteiger charge is 2.53. The minimum Gasteiger partial charge on any atom is -0.310 e. The number of nitrogens with zero attached hydrogens (tertiary/aromatic N) is 1. The third-order valence-electron chi connectivity index (χ3n) is 19.1. The SMILES string of the molecule is c1ccc(C2(c3ccccc3)c3ccccc3-c3c(-c4ccc(N(c5ccc6c(c5)-c5ccccc5C65c6ccccc6Sc6ccccc65)c5ccc6c(c5)C5(c7ccccc7Sc7ccccc75)c5ccccc5-6)cc4)cccc32)cc1. The number of benzene rings is 13. The summed E-state index contributed by atoms with van der Waals surface area (Å²) in [6, 6.07) is 117. The fraction of sp³-hybridized carbons (Fsp3) is 0.0370. The van der Waals surface area contributed by atoms with Crippen LogP contribution in [0.1, 0.15) is 66.8 Å². The fourth-order valence-corrected chi connectivity index (χ4v) is 18.3. The van der Waals surface area contributed by atoms with Gasteiger partial charge >= 0.3 is 0 Å². The molecule has 0 aromatic heterocycles. The van der Waals surface area contributed by atoms with E-state index >= 15 is 0 Å². The molecule has 0 bridgehead atoms. The molecule has 0 unspecified atom stereocenters. The van der Waals surface area contributed by atoms with Crippen LogP contribution in [0.25, 0.3) is 44.5 Å². The van der Waals surface area contributed by atoms with Crippen molar-refractivity contribution in [2.24, 2.45) is 0 Å². The predicted octanol–water partition coefficient (Wildman–Crippen LogP) is 20.8. The van der Waals surface area contributed by atoms with Gasteiger partial charge in [0.2, 0.25) is 0 Å². The average Bonchev–Trinajstić information content (AvgIpc) is 2.38. The summed E-state index contributed by atoms with van der Waals surface area (Å²) in [5, 5.41) is 0. The van der Waals surface area contributed by atoms with Crippen LogP contribution in [-0.4, -0.2) is 0 Å². The van der Waals surface area contributed by atoms with Crippen molar-refractivity contribution in [2.45, 2.75) is 35.8 Å². The van der Waals surface area contributed by atoms with Crippen LogP contribution in [-0.2, 0) is 16.2 Å². The Morgan fingerprint density at radius 3 is 1.13 bits per heavy atom. The molecule has 0 atom stereocenters. The maximum absolute atomic E-state index is 2.54. The molecule has 2 spiro atoms. The number of hydrogen-bond donors (Lipinski definition) is 0. The second-order valence-corrected chi connectivity index (χ2v) is 25.0. The van der Waals surface area contributed by atoms with Gasteiger partial charge in [0.25, 0.3) is 0 Å². The van der Waals surface area contributed by atoms with Crippen LogP contribution in [0, 0.1) is 0 Å². The second-order valence-electron chi connectivity index (χ2n) is 22.9. The first-order valence-corrected chi connectivity index (χ1v) is 30.8. The van der Waals surface area contributed by atoms with E-state index in [1.807, 2.05) is 23.5 Å². The molecule has 0 saturated carbocycles. The first-order chi connectivity index (χ1) is 41.7. The van der Waals surface area contributed by atoms with E-state index in [-0.39, 0.29) is 0 Å². The molecule has 0 N–H and O–H groups in total. The van der Waals surface area contributed by atoms with Crippen LogP contribution in [0.15, 0.2) is 329 Å². The van der Waals surface area contributed by atoms with E-state index in [1.54, 1.807) is 0 Å². The van der Waals surface area contributed by atoms with Gasteiger partial charge in [0.15, 0.2) is 0 Å². The summed E-state index contributed by atoms with van der Waals surface area (Å²) in [7, 11) is 0. The van der Waals surface area contributed by atoms with Crippen molar-refractivity contribution in [2.75, 3.05) is 4.90 Å². The van der Waals surface area contributed by atoms with Crippen LogP contribution in [0.2, 0.25) is 0 Å². The van der Waals surface area contributed by atoms with Crippen molar-refractivity contribution in [1.29, 1.82) is 0 Å². The Bertz CT molecular complexity index is 4730. The van der Waals surface area contributed by atoms with Gasteiger partial charge in [-0.05, 0) is 172 Å². The molecule has 0 radical (unpaired) electrons. The van der Waals surface area contributed by atoms with Gasteiger partial charge in [-0.3, -0.25) is 0 Å². The molecule has 2 heterocycles. The van der Waals surface area contributed by atoms with Gasteiger partial charge in [-0.15, -0.1) is 0 Å². The lowest BCUT2D eigenvalue weighted by Gasteiger charge is -2.40. The zero-order valence-corrected chi connectivity index (χ0v) is 47.3. The molecule has 1 nitrogen and oxygen atoms in total. The van der Waals surface area contributed by atoms with Crippen LogP contribution >= 0.6 is 23.5 Å². The Morgan fingerprint density at radius 1 is 0.214 bits per heavy atom. The van der Waals surface area contributed by atoms with Gasteiger partial charge in [0.05, 0.1) is 16.2 Å². The molecule has 3 aliphatic carbocycles. The van der Waals surface area contributed by atoms with E-state index in [0.29, 0.717) is 0 Å². The highest BCUT2D eigenvalue weighted by molar-refractivity contribution is 7.99. The maximum atomic E-state index is 2.54. The molecule has 0 saturated heterocycles. The van der Waals surface area contributed by atoms with Crippen molar-refractivity contribution in [3.05, 3.63) is 376 Å². The van der Waals surface area contributed by atoms with Gasteiger partial charge in [0.1, 0.15) is 0 Å². The van der Waals surface area contributed by atoms with Crippen LogP contribution in [0.5, 0.6) is 0 Å².